The molecule has 10 heteroatoms. The number of nitrogens with two attached hydrogens (primary N) is 1. The number of rotatable bonds is 5. The van der Waals surface area contributed by atoms with E-state index in [1.807, 2.05) is 4.57 Å². The molecule has 35 heavy (non-hydrogen) atoms. The number of benzene rings is 2. The summed E-state index contributed by atoms with van der Waals surface area (Å²) in [7, 11) is 0. The van der Waals surface area contributed by atoms with Crippen LogP contribution in [0.15, 0.2) is 55.0 Å². The number of carbonyl (C=O) groups excluding carboxylic acids is 2. The molecular weight excluding hydrogens is 454 g/mol. The Bertz CT molecular complexity index is 1410. The van der Waals surface area contributed by atoms with Crippen LogP contribution in [0.25, 0.3) is 11.0 Å². The maximum Gasteiger partial charge on any atom is 0.323 e. The third kappa shape index (κ3) is 4.30. The molecule has 0 unspecified atom stereocenters. The van der Waals surface area contributed by atoms with Gasteiger partial charge < -0.3 is 20.9 Å². The molecule has 4 aromatic rings. The van der Waals surface area contributed by atoms with Gasteiger partial charge in [-0.15, -0.1) is 0 Å². The molecule has 1 saturated carbocycles. The number of nitrogen functional groups attached to an aromatic ring is 1. The number of carbonyl (C=O) groups is 2. The smallest absolute Gasteiger partial charge is 0.323 e. The zero-order valence-electron chi connectivity index (χ0n) is 18.6. The number of halogens is 2. The highest BCUT2D eigenvalue weighted by Crippen LogP contribution is 2.35. The van der Waals surface area contributed by atoms with Crippen molar-refractivity contribution >= 4 is 40.0 Å². The van der Waals surface area contributed by atoms with E-state index < -0.39 is 23.4 Å². The fourth-order valence-corrected chi connectivity index (χ4v) is 4.49. The number of anilines is 3. The van der Waals surface area contributed by atoms with Crippen molar-refractivity contribution in [3.8, 4) is 0 Å². The Morgan fingerprint density at radius 3 is 2.34 bits per heavy atom. The van der Waals surface area contributed by atoms with Gasteiger partial charge in [0, 0.05) is 23.5 Å². The predicted octanol–water partition coefficient (Wildman–Crippen LogP) is 5.28. The Hall–Kier alpha value is -4.34. The Balaban J connectivity index is 1.37. The normalized spacial score (nSPS) is 13.8. The zero-order valence-corrected chi connectivity index (χ0v) is 18.6. The molecule has 0 spiro atoms. The summed E-state index contributed by atoms with van der Waals surface area (Å²) in [6.45, 7) is 0. The molecule has 1 aliphatic rings. The van der Waals surface area contributed by atoms with Gasteiger partial charge in [-0.25, -0.2) is 23.5 Å². The Morgan fingerprint density at radius 2 is 1.66 bits per heavy atom. The quantitative estimate of drug-likeness (QED) is 0.339. The number of urea groups is 1. The zero-order chi connectivity index (χ0) is 24.5. The molecular formula is C25H22F2N6O2. The van der Waals surface area contributed by atoms with Gasteiger partial charge >= 0.3 is 6.03 Å². The van der Waals surface area contributed by atoms with Gasteiger partial charge in [0.1, 0.15) is 35.1 Å². The fraction of sp³-hybridized carbons (Fsp3) is 0.200. The van der Waals surface area contributed by atoms with Crippen molar-refractivity contribution in [3.63, 3.8) is 0 Å². The lowest BCUT2D eigenvalue weighted by Gasteiger charge is -2.12. The number of hydrogen-bond donors (Lipinski definition) is 3. The lowest BCUT2D eigenvalue weighted by Crippen LogP contribution is -2.21. The van der Waals surface area contributed by atoms with E-state index in [9.17, 15) is 18.4 Å². The number of para-hydroxylation sites is 1. The van der Waals surface area contributed by atoms with E-state index in [0.29, 0.717) is 27.8 Å². The first-order valence-corrected chi connectivity index (χ1v) is 11.2. The lowest BCUT2D eigenvalue weighted by atomic mass is 10.0. The van der Waals surface area contributed by atoms with Crippen molar-refractivity contribution in [2.45, 2.75) is 31.7 Å². The van der Waals surface area contributed by atoms with Gasteiger partial charge in [0.2, 0.25) is 0 Å². The van der Waals surface area contributed by atoms with Crippen molar-refractivity contribution in [1.29, 1.82) is 0 Å². The summed E-state index contributed by atoms with van der Waals surface area (Å²) < 4.78 is 29.5. The minimum absolute atomic E-state index is 0.241. The summed E-state index contributed by atoms with van der Waals surface area (Å²) in [4.78, 5) is 34.0. The molecule has 4 N–H and O–H groups in total. The Kier molecular flexibility index (Phi) is 5.86. The second-order valence-electron chi connectivity index (χ2n) is 8.43. The van der Waals surface area contributed by atoms with E-state index in [0.717, 1.165) is 37.8 Å². The topological polar surface area (TPSA) is 115 Å². The molecule has 0 bridgehead atoms. The van der Waals surface area contributed by atoms with Gasteiger partial charge in [-0.3, -0.25) is 4.79 Å². The first kappa shape index (κ1) is 22.5. The van der Waals surface area contributed by atoms with Crippen LogP contribution in [-0.2, 0) is 0 Å². The van der Waals surface area contributed by atoms with Gasteiger partial charge in [0.05, 0.1) is 10.9 Å². The van der Waals surface area contributed by atoms with Crippen LogP contribution in [0.5, 0.6) is 0 Å². The van der Waals surface area contributed by atoms with Crippen LogP contribution in [-0.4, -0.2) is 26.3 Å². The van der Waals surface area contributed by atoms with Gasteiger partial charge in [0.25, 0.3) is 0 Å². The summed E-state index contributed by atoms with van der Waals surface area (Å²) in [6.07, 6.45) is 7.48. The molecule has 5 rings (SSSR count). The summed E-state index contributed by atoms with van der Waals surface area (Å²) in [5.74, 6) is -1.79. The first-order valence-electron chi connectivity index (χ1n) is 11.2. The number of fused-ring (bicyclic) bond motifs is 1. The third-order valence-electron chi connectivity index (χ3n) is 6.21. The van der Waals surface area contributed by atoms with Gasteiger partial charge in [-0.1, -0.05) is 18.9 Å². The number of hydrogen-bond acceptors (Lipinski definition) is 5. The van der Waals surface area contributed by atoms with Gasteiger partial charge in [-0.2, -0.15) is 0 Å². The Labute approximate surface area is 199 Å². The van der Waals surface area contributed by atoms with Crippen LogP contribution in [0.1, 0.15) is 47.6 Å². The number of amides is 2. The molecule has 2 aromatic carbocycles. The molecule has 178 valence electrons. The van der Waals surface area contributed by atoms with Gasteiger partial charge in [0.15, 0.2) is 5.78 Å². The first-order chi connectivity index (χ1) is 16.9. The summed E-state index contributed by atoms with van der Waals surface area (Å²) in [5, 5.41) is 5.17. The SMILES string of the molecule is Nc1ncnc2c1c(C(=O)c1ccc(NC(=O)Nc3c(F)cccc3F)cc1)cn2C1CCCC1. The maximum absolute atomic E-state index is 13.8. The van der Waals surface area contributed by atoms with E-state index in [4.69, 9.17) is 5.73 Å². The molecule has 0 saturated heterocycles. The lowest BCUT2D eigenvalue weighted by molar-refractivity contribution is 0.104. The van der Waals surface area contributed by atoms with E-state index in [-0.39, 0.29) is 17.6 Å². The van der Waals surface area contributed by atoms with E-state index >= 15 is 0 Å². The molecule has 0 atom stereocenters. The molecule has 2 heterocycles. The monoisotopic (exact) mass is 476 g/mol. The minimum Gasteiger partial charge on any atom is -0.383 e. The summed E-state index contributed by atoms with van der Waals surface area (Å²) in [6, 6.07) is 8.90. The minimum atomic E-state index is -0.888. The van der Waals surface area contributed by atoms with Crippen LogP contribution in [0.3, 0.4) is 0 Å². The number of nitrogens with one attached hydrogen (secondary N) is 2. The predicted molar refractivity (Wildman–Crippen MR) is 128 cm³/mol. The third-order valence-corrected chi connectivity index (χ3v) is 6.21. The average Bonchev–Trinajstić information content (AvgIpc) is 3.50. The van der Waals surface area contributed by atoms with Crippen molar-refractivity contribution in [2.75, 3.05) is 16.4 Å². The van der Waals surface area contributed by atoms with Crippen LogP contribution < -0.4 is 16.4 Å². The molecule has 2 amide bonds. The van der Waals surface area contributed by atoms with Crippen molar-refractivity contribution in [1.82, 2.24) is 14.5 Å². The average molecular weight is 476 g/mol. The largest absolute Gasteiger partial charge is 0.383 e. The van der Waals surface area contributed by atoms with Gasteiger partial charge in [-0.05, 0) is 49.2 Å². The van der Waals surface area contributed by atoms with Crippen molar-refractivity contribution in [3.05, 3.63) is 77.8 Å². The maximum atomic E-state index is 13.8. The van der Waals surface area contributed by atoms with E-state index in [1.54, 1.807) is 18.3 Å². The summed E-state index contributed by atoms with van der Waals surface area (Å²) >= 11 is 0. The van der Waals surface area contributed by atoms with E-state index in [1.165, 1.54) is 24.5 Å². The number of aromatic nitrogens is 3. The fourth-order valence-electron chi connectivity index (χ4n) is 4.49. The molecule has 1 fully saturated rings. The van der Waals surface area contributed by atoms with Crippen LogP contribution >= 0.6 is 0 Å². The molecule has 2 aromatic heterocycles. The molecule has 8 nitrogen and oxygen atoms in total. The van der Waals surface area contributed by atoms with Crippen LogP contribution in [0, 0.1) is 11.6 Å². The van der Waals surface area contributed by atoms with Crippen LogP contribution in [0.4, 0.5) is 30.8 Å². The molecule has 1 aliphatic carbocycles. The highest BCUT2D eigenvalue weighted by atomic mass is 19.1. The summed E-state index contributed by atoms with van der Waals surface area (Å²) in [5.41, 5.74) is 7.35. The number of nitrogens with zero attached hydrogens (tertiary/aromatic N) is 3. The Morgan fingerprint density at radius 1 is 0.971 bits per heavy atom. The van der Waals surface area contributed by atoms with Crippen molar-refractivity contribution < 1.29 is 18.4 Å². The highest BCUT2D eigenvalue weighted by Gasteiger charge is 2.25. The second kappa shape index (κ2) is 9.13. The second-order valence-corrected chi connectivity index (χ2v) is 8.43. The standard InChI is InChI=1S/C25H22F2N6O2/c26-18-6-3-7-19(27)21(18)32-25(35)31-15-10-8-14(9-11-15)22(34)17-12-33(16-4-1-2-5-16)24-20(17)23(28)29-13-30-24/h3,6-13,16H,1-2,4-5H2,(H2,28,29,30)(H2,31,32,35). The van der Waals surface area contributed by atoms with Crippen molar-refractivity contribution in [2.24, 2.45) is 0 Å². The molecule has 0 aliphatic heterocycles. The number of ketones is 1. The molecule has 0 radical (unpaired) electrons. The highest BCUT2D eigenvalue weighted by molar-refractivity contribution is 6.18. The van der Waals surface area contributed by atoms with E-state index in [2.05, 4.69) is 20.6 Å². The van der Waals surface area contributed by atoms with Crippen LogP contribution in [0.2, 0.25) is 0 Å².